The van der Waals surface area contributed by atoms with Crippen LogP contribution in [0.25, 0.3) is 0 Å². The summed E-state index contributed by atoms with van der Waals surface area (Å²) >= 11 is 0. The number of rotatable bonds is 1. The average Bonchev–Trinajstić information content (AvgIpc) is 2.69. The molecule has 1 atom stereocenters. The van der Waals surface area contributed by atoms with E-state index in [-0.39, 0.29) is 12.0 Å². The summed E-state index contributed by atoms with van der Waals surface area (Å²) in [5.41, 5.74) is 0. The lowest BCUT2D eigenvalue weighted by Crippen LogP contribution is -2.46. The van der Waals surface area contributed by atoms with E-state index in [2.05, 4.69) is 0 Å². The highest BCUT2D eigenvalue weighted by atomic mass is 16.2. The molecule has 0 bridgehead atoms. The molecule has 84 valence electrons. The Hall–Kier alpha value is -0.860. The zero-order chi connectivity index (χ0) is 10.8. The molecule has 2 aliphatic rings. The molecule has 0 spiro atoms. The molecule has 2 rings (SSSR count). The summed E-state index contributed by atoms with van der Waals surface area (Å²) < 4.78 is 0. The fourth-order valence-corrected chi connectivity index (χ4v) is 2.74. The van der Waals surface area contributed by atoms with Gasteiger partial charge in [0.25, 0.3) is 0 Å². The molecular formula is C12H19NO2. The van der Waals surface area contributed by atoms with Crippen molar-refractivity contribution in [1.82, 2.24) is 4.90 Å². The van der Waals surface area contributed by atoms with Crippen molar-refractivity contribution in [2.24, 2.45) is 5.92 Å². The minimum absolute atomic E-state index is 0.124. The Balaban J connectivity index is 1.97. The first-order valence-corrected chi connectivity index (χ1v) is 6.00. The Labute approximate surface area is 90.8 Å². The van der Waals surface area contributed by atoms with E-state index in [1.54, 1.807) is 0 Å². The maximum Gasteiger partial charge on any atom is 0.225 e. The van der Waals surface area contributed by atoms with Crippen LogP contribution in [0.1, 0.15) is 45.4 Å². The van der Waals surface area contributed by atoms with E-state index in [1.807, 2.05) is 11.8 Å². The highest BCUT2D eigenvalue weighted by molar-refractivity contribution is 5.85. The molecule has 0 aromatic heterocycles. The second-order valence-corrected chi connectivity index (χ2v) is 4.85. The second kappa shape index (κ2) is 4.33. The molecule has 1 aliphatic carbocycles. The van der Waals surface area contributed by atoms with Gasteiger partial charge in [-0.3, -0.25) is 9.59 Å². The molecule has 2 fully saturated rings. The van der Waals surface area contributed by atoms with Gasteiger partial charge in [0.1, 0.15) is 5.78 Å². The van der Waals surface area contributed by atoms with Gasteiger partial charge < -0.3 is 4.90 Å². The number of amides is 1. The molecule has 1 amide bonds. The Kier molecular flexibility index (Phi) is 3.08. The molecule has 1 aliphatic heterocycles. The van der Waals surface area contributed by atoms with Crippen LogP contribution in [0, 0.1) is 5.92 Å². The van der Waals surface area contributed by atoms with Crippen LogP contribution in [0.4, 0.5) is 0 Å². The van der Waals surface area contributed by atoms with Crippen LogP contribution in [0.5, 0.6) is 0 Å². The predicted octanol–water partition coefficient (Wildman–Crippen LogP) is 1.76. The number of carbonyl (C=O) groups excluding carboxylic acids is 2. The molecule has 1 unspecified atom stereocenters. The van der Waals surface area contributed by atoms with Crippen molar-refractivity contribution in [2.45, 2.75) is 51.5 Å². The second-order valence-electron chi connectivity index (χ2n) is 4.85. The monoisotopic (exact) mass is 209 g/mol. The Bertz CT molecular complexity index is 269. The van der Waals surface area contributed by atoms with Crippen molar-refractivity contribution in [2.75, 3.05) is 6.54 Å². The van der Waals surface area contributed by atoms with Gasteiger partial charge in [0, 0.05) is 31.3 Å². The van der Waals surface area contributed by atoms with E-state index in [1.165, 1.54) is 12.8 Å². The van der Waals surface area contributed by atoms with Crippen LogP contribution < -0.4 is 0 Å². The molecule has 15 heavy (non-hydrogen) atoms. The summed E-state index contributed by atoms with van der Waals surface area (Å²) in [5.74, 6) is 0.853. The number of ketones is 1. The van der Waals surface area contributed by atoms with E-state index in [0.717, 1.165) is 12.8 Å². The van der Waals surface area contributed by atoms with Crippen molar-refractivity contribution >= 4 is 11.7 Å². The molecule has 1 heterocycles. The minimum Gasteiger partial charge on any atom is -0.339 e. The lowest BCUT2D eigenvalue weighted by atomic mass is 9.98. The van der Waals surface area contributed by atoms with Gasteiger partial charge >= 0.3 is 0 Å². The number of carbonyl (C=O) groups is 2. The molecule has 0 aromatic rings. The van der Waals surface area contributed by atoms with Crippen LogP contribution >= 0.6 is 0 Å². The first-order valence-electron chi connectivity index (χ1n) is 6.00. The molecule has 1 saturated heterocycles. The van der Waals surface area contributed by atoms with Gasteiger partial charge in [0.05, 0.1) is 0 Å². The van der Waals surface area contributed by atoms with Crippen molar-refractivity contribution in [1.29, 1.82) is 0 Å². The maximum absolute atomic E-state index is 12.1. The number of likely N-dealkylation sites (tertiary alicyclic amines) is 1. The average molecular weight is 209 g/mol. The summed E-state index contributed by atoms with van der Waals surface area (Å²) in [6.07, 6.45) is 5.60. The number of hydrogen-bond acceptors (Lipinski definition) is 2. The summed E-state index contributed by atoms with van der Waals surface area (Å²) in [6, 6.07) is 0.124. The molecule has 0 N–H and O–H groups in total. The number of piperidine rings is 1. The molecule has 0 radical (unpaired) electrons. The third-order valence-electron chi connectivity index (χ3n) is 3.67. The standard InChI is InChI=1S/C12H19NO2/c1-9-8-11(14)6-7-13(9)12(15)10-4-2-3-5-10/h9-10H,2-8H2,1H3. The van der Waals surface area contributed by atoms with E-state index >= 15 is 0 Å². The lowest BCUT2D eigenvalue weighted by Gasteiger charge is -2.34. The first-order chi connectivity index (χ1) is 7.18. The number of Topliss-reactive ketones (excluding diaryl/α,β-unsaturated/α-hetero) is 1. The Morgan fingerprint density at radius 2 is 2.00 bits per heavy atom. The van der Waals surface area contributed by atoms with Crippen molar-refractivity contribution < 1.29 is 9.59 Å². The fourth-order valence-electron chi connectivity index (χ4n) is 2.74. The SMILES string of the molecule is CC1CC(=O)CCN1C(=O)C1CCCC1. The number of hydrogen-bond donors (Lipinski definition) is 0. The third kappa shape index (κ3) is 2.21. The van der Waals surface area contributed by atoms with Crippen molar-refractivity contribution in [3.63, 3.8) is 0 Å². The zero-order valence-corrected chi connectivity index (χ0v) is 9.37. The molecule has 0 aromatic carbocycles. The van der Waals surface area contributed by atoms with Crippen LogP contribution in [-0.4, -0.2) is 29.2 Å². The van der Waals surface area contributed by atoms with Gasteiger partial charge in [-0.1, -0.05) is 12.8 Å². The van der Waals surface area contributed by atoms with Gasteiger partial charge in [0.15, 0.2) is 0 Å². The number of nitrogens with zero attached hydrogens (tertiary/aromatic N) is 1. The van der Waals surface area contributed by atoms with Gasteiger partial charge in [-0.15, -0.1) is 0 Å². The van der Waals surface area contributed by atoms with Gasteiger partial charge in [-0.2, -0.15) is 0 Å². The maximum atomic E-state index is 12.1. The van der Waals surface area contributed by atoms with Crippen molar-refractivity contribution in [3.05, 3.63) is 0 Å². The summed E-state index contributed by atoms with van der Waals surface area (Å²) in [5, 5.41) is 0. The van der Waals surface area contributed by atoms with Crippen LogP contribution in [0.3, 0.4) is 0 Å². The molecule has 3 heteroatoms. The van der Waals surface area contributed by atoms with Gasteiger partial charge in [-0.25, -0.2) is 0 Å². The summed E-state index contributed by atoms with van der Waals surface area (Å²) in [7, 11) is 0. The zero-order valence-electron chi connectivity index (χ0n) is 9.37. The Morgan fingerprint density at radius 3 is 2.60 bits per heavy atom. The Morgan fingerprint density at radius 1 is 1.33 bits per heavy atom. The third-order valence-corrected chi connectivity index (χ3v) is 3.67. The minimum atomic E-state index is 0.124. The van der Waals surface area contributed by atoms with E-state index in [0.29, 0.717) is 31.1 Å². The van der Waals surface area contributed by atoms with E-state index in [9.17, 15) is 9.59 Å². The van der Waals surface area contributed by atoms with E-state index in [4.69, 9.17) is 0 Å². The topological polar surface area (TPSA) is 37.4 Å². The quantitative estimate of drug-likeness (QED) is 0.660. The molecule has 1 saturated carbocycles. The summed E-state index contributed by atoms with van der Waals surface area (Å²) in [6.45, 7) is 2.64. The molecular weight excluding hydrogens is 190 g/mol. The predicted molar refractivity (Wildman–Crippen MR) is 57.4 cm³/mol. The fraction of sp³-hybridized carbons (Fsp3) is 0.833. The highest BCUT2D eigenvalue weighted by Gasteiger charge is 2.32. The molecule has 3 nitrogen and oxygen atoms in total. The van der Waals surface area contributed by atoms with Crippen molar-refractivity contribution in [3.8, 4) is 0 Å². The van der Waals surface area contributed by atoms with E-state index < -0.39 is 0 Å². The van der Waals surface area contributed by atoms with Gasteiger partial charge in [0.2, 0.25) is 5.91 Å². The van der Waals surface area contributed by atoms with Crippen LogP contribution in [0.2, 0.25) is 0 Å². The first kappa shape index (κ1) is 10.7. The van der Waals surface area contributed by atoms with Crippen LogP contribution in [-0.2, 0) is 9.59 Å². The lowest BCUT2D eigenvalue weighted by molar-refractivity contribution is -0.141. The normalized spacial score (nSPS) is 28.5. The smallest absolute Gasteiger partial charge is 0.225 e. The largest absolute Gasteiger partial charge is 0.339 e. The summed E-state index contributed by atoms with van der Waals surface area (Å²) in [4.78, 5) is 25.3. The van der Waals surface area contributed by atoms with Crippen LogP contribution in [0.15, 0.2) is 0 Å². The van der Waals surface area contributed by atoms with Gasteiger partial charge in [-0.05, 0) is 19.8 Å². The highest BCUT2D eigenvalue weighted by Crippen LogP contribution is 2.28.